The van der Waals surface area contributed by atoms with Crippen molar-refractivity contribution in [2.24, 2.45) is 5.92 Å². The van der Waals surface area contributed by atoms with Crippen molar-refractivity contribution >= 4 is 33.5 Å². The van der Waals surface area contributed by atoms with Crippen LogP contribution in [0.25, 0.3) is 0 Å². The number of carbonyl (C=O) groups excluding carboxylic acids is 1. The number of aromatic carboxylic acids is 1. The molecular formula is C16H18BrN3O4. The lowest BCUT2D eigenvalue weighted by Gasteiger charge is -2.14. The summed E-state index contributed by atoms with van der Waals surface area (Å²) in [5, 5.41) is 25.5. The van der Waals surface area contributed by atoms with E-state index in [0.29, 0.717) is 12.2 Å². The summed E-state index contributed by atoms with van der Waals surface area (Å²) >= 11 is 3.45. The minimum atomic E-state index is -1.26. The first-order valence-electron chi connectivity index (χ1n) is 7.27. The van der Waals surface area contributed by atoms with Crippen LogP contribution in [-0.4, -0.2) is 31.9 Å². The number of halogens is 1. The molecule has 2 aromatic rings. The average molecular weight is 396 g/mol. The van der Waals surface area contributed by atoms with Crippen molar-refractivity contribution in [3.8, 4) is 5.75 Å². The molecule has 0 saturated carbocycles. The zero-order valence-corrected chi connectivity index (χ0v) is 15.1. The maximum absolute atomic E-state index is 12.3. The lowest BCUT2D eigenvalue weighted by atomic mass is 10.1. The third-order valence-electron chi connectivity index (χ3n) is 3.68. The molecule has 1 atom stereocenters. The number of nitrogens with zero attached hydrogens (tertiary/aromatic N) is 2. The van der Waals surface area contributed by atoms with Gasteiger partial charge >= 0.3 is 5.97 Å². The Labute approximate surface area is 147 Å². The monoisotopic (exact) mass is 395 g/mol. The molecule has 0 aliphatic rings. The topological polar surface area (TPSA) is 104 Å². The number of carboxylic acids is 1. The molecule has 3 N–H and O–H groups in total. The van der Waals surface area contributed by atoms with Crippen LogP contribution in [0, 0.1) is 19.8 Å². The number of amides is 1. The smallest absolute Gasteiger partial charge is 0.339 e. The van der Waals surface area contributed by atoms with Crippen molar-refractivity contribution < 1.29 is 19.8 Å². The largest absolute Gasteiger partial charge is 0.507 e. The van der Waals surface area contributed by atoms with Crippen LogP contribution in [0.4, 0.5) is 5.69 Å². The Hall–Kier alpha value is -2.35. The molecule has 0 spiro atoms. The van der Waals surface area contributed by atoms with Gasteiger partial charge in [0.1, 0.15) is 11.3 Å². The molecule has 0 aliphatic carbocycles. The summed E-state index contributed by atoms with van der Waals surface area (Å²) in [7, 11) is 0. The summed E-state index contributed by atoms with van der Waals surface area (Å²) in [6.07, 6.45) is 0. The number of anilines is 1. The van der Waals surface area contributed by atoms with E-state index in [9.17, 15) is 14.7 Å². The van der Waals surface area contributed by atoms with E-state index in [1.807, 2.05) is 13.8 Å². The van der Waals surface area contributed by atoms with Crippen LogP contribution in [0.1, 0.15) is 28.7 Å². The second-order valence-electron chi connectivity index (χ2n) is 5.59. The molecule has 2 rings (SSSR count). The van der Waals surface area contributed by atoms with Gasteiger partial charge in [0.2, 0.25) is 5.91 Å². The first-order chi connectivity index (χ1) is 11.2. The molecule has 1 amide bonds. The molecule has 1 unspecified atom stereocenters. The van der Waals surface area contributed by atoms with Gasteiger partial charge in [0, 0.05) is 11.4 Å². The van der Waals surface area contributed by atoms with Gasteiger partial charge in [-0.15, -0.1) is 0 Å². The highest BCUT2D eigenvalue weighted by Gasteiger charge is 2.18. The summed E-state index contributed by atoms with van der Waals surface area (Å²) in [5.41, 5.74) is 1.84. The Morgan fingerprint density at radius 2 is 2.04 bits per heavy atom. The Bertz CT molecular complexity index is 801. The van der Waals surface area contributed by atoms with E-state index in [1.165, 1.54) is 18.2 Å². The predicted octanol–water partition coefficient (Wildman–Crippen LogP) is 2.94. The standard InChI is InChI=1S/C16H18BrN3O4/c1-8(7-20-10(3)14(17)9(2)19-20)15(22)18-11-4-5-13(21)12(6-11)16(23)24/h4-6,8,21H,7H2,1-3H3,(H,18,22)(H,23,24). The number of benzene rings is 1. The van der Waals surface area contributed by atoms with Gasteiger partial charge in [-0.3, -0.25) is 9.48 Å². The number of phenols is 1. The lowest BCUT2D eigenvalue weighted by molar-refractivity contribution is -0.119. The fraction of sp³-hybridized carbons (Fsp3) is 0.312. The van der Waals surface area contributed by atoms with Crippen molar-refractivity contribution in [1.82, 2.24) is 9.78 Å². The number of carboxylic acid groups (broad SMARTS) is 1. The Kier molecular flexibility index (Phi) is 5.28. The maximum Gasteiger partial charge on any atom is 0.339 e. The molecule has 0 aliphatic heterocycles. The minimum absolute atomic E-state index is 0.261. The number of rotatable bonds is 5. The summed E-state index contributed by atoms with van der Waals surface area (Å²) in [4.78, 5) is 23.3. The highest BCUT2D eigenvalue weighted by atomic mass is 79.9. The van der Waals surface area contributed by atoms with Gasteiger partial charge in [0.05, 0.1) is 22.6 Å². The van der Waals surface area contributed by atoms with Crippen molar-refractivity contribution in [2.45, 2.75) is 27.3 Å². The van der Waals surface area contributed by atoms with Crippen molar-refractivity contribution in [1.29, 1.82) is 0 Å². The van der Waals surface area contributed by atoms with Gasteiger partial charge in [-0.25, -0.2) is 4.79 Å². The second kappa shape index (κ2) is 7.04. The van der Waals surface area contributed by atoms with Crippen molar-refractivity contribution in [2.75, 3.05) is 5.32 Å². The van der Waals surface area contributed by atoms with Gasteiger partial charge in [-0.1, -0.05) is 6.92 Å². The number of nitrogens with one attached hydrogen (secondary N) is 1. The van der Waals surface area contributed by atoms with Crippen molar-refractivity contribution in [3.63, 3.8) is 0 Å². The first-order valence-corrected chi connectivity index (χ1v) is 8.06. The maximum atomic E-state index is 12.3. The molecule has 1 aromatic carbocycles. The summed E-state index contributed by atoms with van der Waals surface area (Å²) < 4.78 is 2.67. The van der Waals surface area contributed by atoms with E-state index < -0.39 is 5.97 Å². The molecule has 8 heteroatoms. The molecule has 1 heterocycles. The lowest BCUT2D eigenvalue weighted by Crippen LogP contribution is -2.25. The molecule has 0 bridgehead atoms. The fourth-order valence-corrected chi connectivity index (χ4v) is 2.53. The third kappa shape index (κ3) is 3.76. The molecule has 0 saturated heterocycles. The van der Waals surface area contributed by atoms with Crippen LogP contribution in [0.2, 0.25) is 0 Å². The zero-order chi connectivity index (χ0) is 18.0. The van der Waals surface area contributed by atoms with Crippen LogP contribution < -0.4 is 5.32 Å². The third-order valence-corrected chi connectivity index (χ3v) is 4.83. The van der Waals surface area contributed by atoms with Crippen LogP contribution in [-0.2, 0) is 11.3 Å². The quantitative estimate of drug-likeness (QED) is 0.675. The van der Waals surface area contributed by atoms with E-state index in [4.69, 9.17) is 5.11 Å². The second-order valence-corrected chi connectivity index (χ2v) is 6.39. The van der Waals surface area contributed by atoms with Gasteiger partial charge in [-0.2, -0.15) is 5.10 Å². The molecule has 7 nitrogen and oxygen atoms in total. The predicted molar refractivity (Wildman–Crippen MR) is 92.3 cm³/mol. The molecule has 0 radical (unpaired) electrons. The number of aryl methyl sites for hydroxylation is 1. The average Bonchev–Trinajstić information content (AvgIpc) is 2.76. The van der Waals surface area contributed by atoms with Gasteiger partial charge < -0.3 is 15.5 Å². The summed E-state index contributed by atoms with van der Waals surface area (Å²) in [5.74, 6) is -2.25. The van der Waals surface area contributed by atoms with Gasteiger partial charge in [-0.05, 0) is 48.0 Å². The molecule has 0 fully saturated rings. The van der Waals surface area contributed by atoms with E-state index in [0.717, 1.165) is 15.9 Å². The van der Waals surface area contributed by atoms with Crippen LogP contribution >= 0.6 is 15.9 Å². The minimum Gasteiger partial charge on any atom is -0.507 e. The number of carbonyl (C=O) groups is 2. The Morgan fingerprint density at radius 3 is 2.58 bits per heavy atom. The summed E-state index contributed by atoms with van der Waals surface area (Å²) in [6.45, 7) is 5.95. The highest BCUT2D eigenvalue weighted by molar-refractivity contribution is 9.10. The fourth-order valence-electron chi connectivity index (χ4n) is 2.25. The van der Waals surface area contributed by atoms with E-state index in [2.05, 4.69) is 26.3 Å². The van der Waals surface area contributed by atoms with Gasteiger partial charge in [0.15, 0.2) is 0 Å². The summed E-state index contributed by atoms with van der Waals surface area (Å²) in [6, 6.07) is 3.91. The number of hydrogen-bond donors (Lipinski definition) is 3. The molecular weight excluding hydrogens is 378 g/mol. The highest BCUT2D eigenvalue weighted by Crippen LogP contribution is 2.23. The number of hydrogen-bond acceptors (Lipinski definition) is 4. The normalized spacial score (nSPS) is 12.0. The SMILES string of the molecule is Cc1nn(CC(C)C(=O)Nc2ccc(O)c(C(=O)O)c2)c(C)c1Br. The van der Waals surface area contributed by atoms with Crippen LogP contribution in [0.3, 0.4) is 0 Å². The first kappa shape index (κ1) is 18.0. The van der Waals surface area contributed by atoms with E-state index in [1.54, 1.807) is 11.6 Å². The van der Waals surface area contributed by atoms with Crippen molar-refractivity contribution in [3.05, 3.63) is 39.6 Å². The Balaban J connectivity index is 2.10. The van der Waals surface area contributed by atoms with E-state index in [-0.39, 0.29) is 23.1 Å². The van der Waals surface area contributed by atoms with E-state index >= 15 is 0 Å². The molecule has 1 aromatic heterocycles. The zero-order valence-electron chi connectivity index (χ0n) is 13.5. The number of aromatic hydroxyl groups is 1. The molecule has 24 heavy (non-hydrogen) atoms. The van der Waals surface area contributed by atoms with Crippen LogP contribution in [0.5, 0.6) is 5.75 Å². The number of aromatic nitrogens is 2. The molecule has 128 valence electrons. The van der Waals surface area contributed by atoms with Gasteiger partial charge in [0.25, 0.3) is 0 Å². The van der Waals surface area contributed by atoms with Crippen LogP contribution in [0.15, 0.2) is 22.7 Å². The Morgan fingerprint density at radius 1 is 1.38 bits per heavy atom.